The van der Waals surface area contributed by atoms with E-state index in [9.17, 15) is 24.4 Å². The number of carbonyl (C=O) groups is 4. The quantitative estimate of drug-likeness (QED) is 0.233. The first-order valence-corrected chi connectivity index (χ1v) is 14.4. The number of nitrogens with two attached hydrogens (primary N) is 1. The number of anilines is 1. The molecule has 2 heterocycles. The van der Waals surface area contributed by atoms with Gasteiger partial charge in [-0.05, 0) is 36.7 Å². The molecule has 0 radical (unpaired) electrons. The Morgan fingerprint density at radius 1 is 1.21 bits per heavy atom. The van der Waals surface area contributed by atoms with Crippen LogP contribution in [0.3, 0.4) is 0 Å². The first-order valence-electron chi connectivity index (χ1n) is 13.5. The molecule has 4 N–H and O–H groups in total. The Balaban J connectivity index is 1.64. The molecule has 0 bridgehead atoms. The van der Waals surface area contributed by atoms with Crippen LogP contribution in [-0.4, -0.2) is 83.0 Å². The fraction of sp³-hybridized carbons (Fsp3) is 0.704. The zero-order chi connectivity index (χ0) is 28.0. The van der Waals surface area contributed by atoms with Gasteiger partial charge in [0.25, 0.3) is 5.91 Å². The fourth-order valence-corrected chi connectivity index (χ4v) is 6.20. The summed E-state index contributed by atoms with van der Waals surface area (Å²) in [6.07, 6.45) is 6.45. The lowest BCUT2D eigenvalue weighted by Gasteiger charge is -2.40. The molecular weight excluding hydrogens is 506 g/mol. The molecule has 212 valence electrons. The number of thiophene rings is 1. The number of hydrogen-bond acceptors (Lipinski definition) is 7. The van der Waals surface area contributed by atoms with E-state index < -0.39 is 17.4 Å². The van der Waals surface area contributed by atoms with E-state index in [-0.39, 0.29) is 30.3 Å². The number of piperidine rings is 1. The normalized spacial score (nSPS) is 18.6. The van der Waals surface area contributed by atoms with Crippen LogP contribution in [0.15, 0.2) is 11.4 Å². The molecule has 4 amide bonds. The van der Waals surface area contributed by atoms with Gasteiger partial charge in [0, 0.05) is 31.6 Å². The Morgan fingerprint density at radius 3 is 2.37 bits per heavy atom. The average Bonchev–Trinajstić information content (AvgIpc) is 3.56. The minimum absolute atomic E-state index is 0.0493. The highest BCUT2D eigenvalue weighted by molar-refractivity contribution is 7.14. The molecule has 0 aromatic carbocycles. The predicted octanol–water partition coefficient (Wildman–Crippen LogP) is 2.97. The van der Waals surface area contributed by atoms with Crippen molar-refractivity contribution in [1.29, 1.82) is 0 Å². The molecule has 11 heteroatoms. The second-order valence-electron chi connectivity index (χ2n) is 11.8. The van der Waals surface area contributed by atoms with Crippen LogP contribution in [0, 0.1) is 17.3 Å². The Bertz CT molecular complexity index is 979. The smallest absolute Gasteiger partial charge is 0.254 e. The minimum Gasteiger partial charge on any atom is -0.391 e. The molecule has 10 nitrogen and oxygen atoms in total. The number of nitrogens with zero attached hydrogens (tertiary/aromatic N) is 3. The van der Waals surface area contributed by atoms with Gasteiger partial charge in [-0.15, -0.1) is 11.3 Å². The van der Waals surface area contributed by atoms with E-state index in [0.29, 0.717) is 60.3 Å². The Hall–Kier alpha value is -2.66. The van der Waals surface area contributed by atoms with Crippen molar-refractivity contribution in [3.63, 3.8) is 0 Å². The van der Waals surface area contributed by atoms with Crippen LogP contribution in [0.25, 0.3) is 0 Å². The number of hydrogen-bond donors (Lipinski definition) is 3. The fourth-order valence-electron chi connectivity index (χ4n) is 5.58. The van der Waals surface area contributed by atoms with Crippen LogP contribution in [0.4, 0.5) is 5.00 Å². The van der Waals surface area contributed by atoms with E-state index >= 15 is 0 Å². The second kappa shape index (κ2) is 12.9. The van der Waals surface area contributed by atoms with Crippen LogP contribution < -0.4 is 11.1 Å². The van der Waals surface area contributed by atoms with Gasteiger partial charge < -0.3 is 20.9 Å². The number of nitrogens with one attached hydrogen (secondary N) is 1. The lowest BCUT2D eigenvalue weighted by molar-refractivity contribution is -0.156. The summed E-state index contributed by atoms with van der Waals surface area (Å²) in [7, 11) is 1.76. The molecule has 1 aromatic rings. The summed E-state index contributed by atoms with van der Waals surface area (Å²) in [6.45, 7) is 6.69. The maximum atomic E-state index is 13.7. The first-order chi connectivity index (χ1) is 17.9. The van der Waals surface area contributed by atoms with Crippen LogP contribution in [0.2, 0.25) is 0 Å². The van der Waals surface area contributed by atoms with Crippen molar-refractivity contribution >= 4 is 40.5 Å². The molecule has 1 aliphatic heterocycles. The largest absolute Gasteiger partial charge is 0.391 e. The zero-order valence-electron chi connectivity index (χ0n) is 23.0. The third-order valence-corrected chi connectivity index (χ3v) is 8.67. The van der Waals surface area contributed by atoms with E-state index in [1.165, 1.54) is 11.3 Å². The molecule has 1 aliphatic carbocycles. The summed E-state index contributed by atoms with van der Waals surface area (Å²) in [5, 5.41) is 15.7. The predicted molar refractivity (Wildman–Crippen MR) is 146 cm³/mol. The number of rotatable bonds is 10. The third kappa shape index (κ3) is 7.69. The van der Waals surface area contributed by atoms with E-state index in [4.69, 9.17) is 5.73 Å². The van der Waals surface area contributed by atoms with E-state index in [1.54, 1.807) is 28.3 Å². The summed E-state index contributed by atoms with van der Waals surface area (Å²) in [6, 6.07) is 0.859. The first kappa shape index (κ1) is 29.9. The van der Waals surface area contributed by atoms with Crippen molar-refractivity contribution in [3.8, 4) is 0 Å². The van der Waals surface area contributed by atoms with Gasteiger partial charge in [0.1, 0.15) is 6.04 Å². The van der Waals surface area contributed by atoms with Gasteiger partial charge in [-0.25, -0.2) is 5.06 Å². The zero-order valence-corrected chi connectivity index (χ0v) is 23.8. The average molecular weight is 550 g/mol. The van der Waals surface area contributed by atoms with Crippen LogP contribution >= 0.6 is 11.3 Å². The number of nitrogen functional groups attached to an aromatic ring is 1. The van der Waals surface area contributed by atoms with Gasteiger partial charge in [-0.2, -0.15) is 0 Å². The highest BCUT2D eigenvalue weighted by atomic mass is 32.1. The SMILES string of the molecule is CN(C(=O)[C@@H](NC(=O)C(CC1CCCC1)CN(O)C=O)C(C)(C)C)C1CCN(C(=O)c2csc(N)c2)CC1. The summed E-state index contributed by atoms with van der Waals surface area (Å²) in [5.41, 5.74) is 5.81. The molecular formula is C27H43N5O5S. The monoisotopic (exact) mass is 549 g/mol. The highest BCUT2D eigenvalue weighted by Crippen LogP contribution is 2.31. The lowest BCUT2D eigenvalue weighted by atomic mass is 9.84. The molecule has 2 atom stereocenters. The van der Waals surface area contributed by atoms with E-state index in [0.717, 1.165) is 25.7 Å². The number of likely N-dealkylation sites (tertiary alicyclic amines) is 1. The molecule has 38 heavy (non-hydrogen) atoms. The molecule has 1 saturated carbocycles. The van der Waals surface area contributed by atoms with E-state index in [1.807, 2.05) is 20.8 Å². The standard InChI is InChI=1S/C27H43N5O5S/c1-27(2,3)23(29-24(34)19(15-32(37)17-33)13-18-7-5-6-8-18)26(36)30(4)21-9-11-31(12-10-21)25(35)20-14-22(28)38-16-20/h14,16-19,21,23,37H,5-13,15,28H2,1-4H3,(H,29,34)/t19?,23-/m1/s1. The summed E-state index contributed by atoms with van der Waals surface area (Å²) < 4.78 is 0. The second-order valence-corrected chi connectivity index (χ2v) is 12.8. The van der Waals surface area contributed by atoms with Crippen LogP contribution in [0.5, 0.6) is 0 Å². The molecule has 1 saturated heterocycles. The maximum Gasteiger partial charge on any atom is 0.254 e. The summed E-state index contributed by atoms with van der Waals surface area (Å²) in [4.78, 5) is 54.4. The Kier molecular flexibility index (Phi) is 10.2. The van der Waals surface area contributed by atoms with Gasteiger partial charge in [-0.3, -0.25) is 24.4 Å². The van der Waals surface area contributed by atoms with Gasteiger partial charge >= 0.3 is 0 Å². The molecule has 2 aliphatic rings. The number of carbonyl (C=O) groups excluding carboxylic acids is 4. The third-order valence-electron chi connectivity index (χ3n) is 7.91. The number of amides is 4. The maximum absolute atomic E-state index is 13.7. The van der Waals surface area contributed by atoms with Gasteiger partial charge in [0.2, 0.25) is 18.2 Å². The van der Waals surface area contributed by atoms with Crippen molar-refractivity contribution in [2.24, 2.45) is 17.3 Å². The summed E-state index contributed by atoms with van der Waals surface area (Å²) in [5.74, 6) is -0.786. The van der Waals surface area contributed by atoms with Crippen molar-refractivity contribution in [3.05, 3.63) is 17.0 Å². The van der Waals surface area contributed by atoms with Gasteiger partial charge in [0.05, 0.1) is 23.0 Å². The molecule has 0 spiro atoms. The molecule has 1 unspecified atom stereocenters. The van der Waals surface area contributed by atoms with Crippen molar-refractivity contribution < 1.29 is 24.4 Å². The Morgan fingerprint density at radius 2 is 1.84 bits per heavy atom. The van der Waals surface area contributed by atoms with Crippen LogP contribution in [0.1, 0.15) is 76.1 Å². The lowest BCUT2D eigenvalue weighted by Crippen LogP contribution is -2.58. The number of hydroxylamine groups is 2. The van der Waals surface area contributed by atoms with Gasteiger partial charge in [-0.1, -0.05) is 46.5 Å². The molecule has 3 rings (SSSR count). The highest BCUT2D eigenvalue weighted by Gasteiger charge is 2.39. The van der Waals surface area contributed by atoms with Crippen molar-refractivity contribution in [1.82, 2.24) is 20.2 Å². The van der Waals surface area contributed by atoms with Crippen molar-refractivity contribution in [2.45, 2.75) is 77.8 Å². The van der Waals surface area contributed by atoms with Gasteiger partial charge in [0.15, 0.2) is 0 Å². The van der Waals surface area contributed by atoms with Crippen molar-refractivity contribution in [2.75, 3.05) is 32.4 Å². The summed E-state index contributed by atoms with van der Waals surface area (Å²) >= 11 is 1.34. The minimum atomic E-state index is -0.775. The Labute approximate surface area is 229 Å². The van der Waals surface area contributed by atoms with E-state index in [2.05, 4.69) is 5.32 Å². The topological polar surface area (TPSA) is 136 Å². The van der Waals surface area contributed by atoms with Crippen LogP contribution in [-0.2, 0) is 14.4 Å². The number of likely N-dealkylation sites (N-methyl/N-ethyl adjacent to an activating group) is 1. The molecule has 2 fully saturated rings. The molecule has 1 aromatic heterocycles.